The molecule has 3 heteroatoms. The molecule has 1 N–H and O–H groups in total. The summed E-state index contributed by atoms with van der Waals surface area (Å²) in [6, 6.07) is 7.97. The van der Waals surface area contributed by atoms with E-state index in [4.69, 9.17) is 4.74 Å². The Hall–Kier alpha value is -1.77. The van der Waals surface area contributed by atoms with Crippen LogP contribution in [0.1, 0.15) is 30.9 Å². The number of rotatable bonds is 7. The molecule has 1 aromatic rings. The van der Waals surface area contributed by atoms with Crippen molar-refractivity contribution in [3.8, 4) is 0 Å². The lowest BCUT2D eigenvalue weighted by Gasteiger charge is -2.06. The van der Waals surface area contributed by atoms with Gasteiger partial charge in [0.15, 0.2) is 0 Å². The molecule has 0 aliphatic carbocycles. The zero-order valence-corrected chi connectivity index (χ0v) is 10.2. The van der Waals surface area contributed by atoms with E-state index >= 15 is 0 Å². The summed E-state index contributed by atoms with van der Waals surface area (Å²) in [6.07, 6.45) is 2.90. The Morgan fingerprint density at radius 1 is 1.35 bits per heavy atom. The first-order valence-electron chi connectivity index (χ1n) is 5.83. The first-order chi connectivity index (χ1) is 8.26. The molecule has 0 saturated heterocycles. The number of benzene rings is 1. The van der Waals surface area contributed by atoms with Crippen molar-refractivity contribution in [3.63, 3.8) is 0 Å². The van der Waals surface area contributed by atoms with Gasteiger partial charge in [-0.3, -0.25) is 4.79 Å². The van der Waals surface area contributed by atoms with Crippen LogP contribution in [0.15, 0.2) is 37.1 Å². The lowest BCUT2D eigenvalue weighted by Crippen LogP contribution is -2.21. The van der Waals surface area contributed by atoms with Crippen LogP contribution in [-0.2, 0) is 22.7 Å². The van der Waals surface area contributed by atoms with Gasteiger partial charge in [0, 0.05) is 13.0 Å². The lowest BCUT2D eigenvalue weighted by atomic mass is 10.1. The topological polar surface area (TPSA) is 38.3 Å². The van der Waals surface area contributed by atoms with Crippen molar-refractivity contribution in [1.29, 1.82) is 0 Å². The fourth-order valence-electron chi connectivity index (χ4n) is 1.42. The van der Waals surface area contributed by atoms with Gasteiger partial charge in [-0.05, 0) is 17.5 Å². The SMILES string of the molecule is C=COCc1ccc(CNC(=O)CCC)cc1. The van der Waals surface area contributed by atoms with Gasteiger partial charge in [-0.1, -0.05) is 37.8 Å². The van der Waals surface area contributed by atoms with Gasteiger partial charge < -0.3 is 10.1 Å². The molecule has 0 unspecified atom stereocenters. The van der Waals surface area contributed by atoms with Crippen LogP contribution in [0.2, 0.25) is 0 Å². The van der Waals surface area contributed by atoms with Crippen molar-refractivity contribution in [2.24, 2.45) is 0 Å². The van der Waals surface area contributed by atoms with E-state index in [-0.39, 0.29) is 5.91 Å². The third kappa shape index (κ3) is 5.20. The summed E-state index contributed by atoms with van der Waals surface area (Å²) >= 11 is 0. The number of nitrogens with one attached hydrogen (secondary N) is 1. The molecule has 0 bridgehead atoms. The minimum atomic E-state index is 0.103. The molecule has 3 nitrogen and oxygen atoms in total. The molecular weight excluding hydrogens is 214 g/mol. The maximum Gasteiger partial charge on any atom is 0.220 e. The normalized spacial score (nSPS) is 9.71. The van der Waals surface area contributed by atoms with Crippen molar-refractivity contribution >= 4 is 5.91 Å². The number of carbonyl (C=O) groups is 1. The largest absolute Gasteiger partial charge is 0.497 e. The molecule has 1 rings (SSSR count). The maximum atomic E-state index is 11.3. The Kier molecular flexibility index (Phi) is 5.86. The molecule has 1 aromatic carbocycles. The summed E-state index contributed by atoms with van der Waals surface area (Å²) in [5.41, 5.74) is 2.19. The lowest BCUT2D eigenvalue weighted by molar-refractivity contribution is -0.121. The molecule has 0 atom stereocenters. The van der Waals surface area contributed by atoms with Crippen LogP contribution in [0.3, 0.4) is 0 Å². The summed E-state index contributed by atoms with van der Waals surface area (Å²) < 4.78 is 5.08. The van der Waals surface area contributed by atoms with Gasteiger partial charge in [-0.2, -0.15) is 0 Å². The van der Waals surface area contributed by atoms with Crippen LogP contribution in [-0.4, -0.2) is 5.91 Å². The quantitative estimate of drug-likeness (QED) is 0.735. The van der Waals surface area contributed by atoms with E-state index in [0.29, 0.717) is 19.6 Å². The second kappa shape index (κ2) is 7.49. The van der Waals surface area contributed by atoms with Crippen molar-refractivity contribution in [2.45, 2.75) is 32.9 Å². The van der Waals surface area contributed by atoms with Crippen molar-refractivity contribution in [2.75, 3.05) is 0 Å². The Morgan fingerprint density at radius 3 is 2.59 bits per heavy atom. The van der Waals surface area contributed by atoms with Gasteiger partial charge in [0.1, 0.15) is 6.61 Å². The summed E-state index contributed by atoms with van der Waals surface area (Å²) in [4.78, 5) is 11.3. The summed E-state index contributed by atoms with van der Waals surface area (Å²) in [7, 11) is 0. The molecule has 92 valence electrons. The highest BCUT2D eigenvalue weighted by atomic mass is 16.5. The number of hydrogen-bond donors (Lipinski definition) is 1. The van der Waals surface area contributed by atoms with E-state index in [0.717, 1.165) is 17.5 Å². The Morgan fingerprint density at radius 2 is 2.00 bits per heavy atom. The molecule has 0 spiro atoms. The average Bonchev–Trinajstić information content (AvgIpc) is 2.35. The van der Waals surface area contributed by atoms with Crippen LogP contribution in [0.25, 0.3) is 0 Å². The first kappa shape index (κ1) is 13.3. The van der Waals surface area contributed by atoms with E-state index in [1.54, 1.807) is 0 Å². The van der Waals surface area contributed by atoms with Crippen LogP contribution >= 0.6 is 0 Å². The standard InChI is InChI=1S/C14H19NO2/c1-3-5-14(16)15-10-12-6-8-13(9-7-12)11-17-4-2/h4,6-9H,2-3,5,10-11H2,1H3,(H,15,16). The second-order valence-corrected chi connectivity index (χ2v) is 3.82. The number of amides is 1. The van der Waals surface area contributed by atoms with Crippen LogP contribution in [0, 0.1) is 0 Å². The third-order valence-electron chi connectivity index (χ3n) is 2.36. The smallest absolute Gasteiger partial charge is 0.220 e. The average molecular weight is 233 g/mol. The van der Waals surface area contributed by atoms with Gasteiger partial charge in [-0.25, -0.2) is 0 Å². The minimum absolute atomic E-state index is 0.103. The van der Waals surface area contributed by atoms with E-state index < -0.39 is 0 Å². The fraction of sp³-hybridized carbons (Fsp3) is 0.357. The predicted octanol–water partition coefficient (Wildman–Crippen LogP) is 2.76. The maximum absolute atomic E-state index is 11.3. The predicted molar refractivity (Wildman–Crippen MR) is 68.2 cm³/mol. The molecule has 0 aliphatic rings. The van der Waals surface area contributed by atoms with Crippen molar-refractivity contribution < 1.29 is 9.53 Å². The molecule has 0 aromatic heterocycles. The first-order valence-corrected chi connectivity index (χ1v) is 5.83. The second-order valence-electron chi connectivity index (χ2n) is 3.82. The zero-order chi connectivity index (χ0) is 12.5. The van der Waals surface area contributed by atoms with Gasteiger partial charge in [0.2, 0.25) is 5.91 Å². The summed E-state index contributed by atoms with van der Waals surface area (Å²) in [5.74, 6) is 0.103. The Labute approximate surface area is 102 Å². The van der Waals surface area contributed by atoms with Gasteiger partial charge in [0.05, 0.1) is 6.26 Å². The van der Waals surface area contributed by atoms with Gasteiger partial charge in [-0.15, -0.1) is 0 Å². The number of carbonyl (C=O) groups excluding carboxylic acids is 1. The molecule has 17 heavy (non-hydrogen) atoms. The zero-order valence-electron chi connectivity index (χ0n) is 10.2. The number of ether oxygens (including phenoxy) is 1. The highest BCUT2D eigenvalue weighted by Crippen LogP contribution is 2.06. The molecule has 1 amide bonds. The fourth-order valence-corrected chi connectivity index (χ4v) is 1.42. The van der Waals surface area contributed by atoms with Crippen LogP contribution in [0.5, 0.6) is 0 Å². The van der Waals surface area contributed by atoms with E-state index in [9.17, 15) is 4.79 Å². The molecule has 0 fully saturated rings. The third-order valence-corrected chi connectivity index (χ3v) is 2.36. The van der Waals surface area contributed by atoms with Crippen molar-refractivity contribution in [3.05, 3.63) is 48.2 Å². The Bertz CT molecular complexity index is 357. The highest BCUT2D eigenvalue weighted by molar-refractivity contribution is 5.75. The van der Waals surface area contributed by atoms with Gasteiger partial charge in [0.25, 0.3) is 0 Å². The van der Waals surface area contributed by atoms with Gasteiger partial charge >= 0.3 is 0 Å². The summed E-state index contributed by atoms with van der Waals surface area (Å²) in [5, 5.41) is 2.88. The summed E-state index contributed by atoms with van der Waals surface area (Å²) in [6.45, 7) is 6.60. The highest BCUT2D eigenvalue weighted by Gasteiger charge is 1.99. The molecular formula is C14H19NO2. The molecule has 0 saturated carbocycles. The van der Waals surface area contributed by atoms with E-state index in [1.165, 1.54) is 6.26 Å². The van der Waals surface area contributed by atoms with Crippen molar-refractivity contribution in [1.82, 2.24) is 5.32 Å². The number of hydrogen-bond acceptors (Lipinski definition) is 2. The minimum Gasteiger partial charge on any atom is -0.497 e. The Balaban J connectivity index is 2.39. The van der Waals surface area contributed by atoms with Crippen LogP contribution < -0.4 is 5.32 Å². The molecule has 0 aliphatic heterocycles. The monoisotopic (exact) mass is 233 g/mol. The van der Waals surface area contributed by atoms with Crippen LogP contribution in [0.4, 0.5) is 0 Å². The van der Waals surface area contributed by atoms with E-state index in [1.807, 2.05) is 31.2 Å². The van der Waals surface area contributed by atoms with E-state index in [2.05, 4.69) is 11.9 Å². The molecule has 0 radical (unpaired) electrons. The molecule has 0 heterocycles.